The third kappa shape index (κ3) is 3.82. The highest BCUT2D eigenvalue weighted by Gasteiger charge is 1.97. The Hall–Kier alpha value is -0.860. The first-order chi connectivity index (χ1) is 8.81. The maximum Gasteiger partial charge on any atom is 0.00693 e. The summed E-state index contributed by atoms with van der Waals surface area (Å²) in [6.45, 7) is 0. The van der Waals surface area contributed by atoms with Crippen LogP contribution in [0.2, 0.25) is 0 Å². The van der Waals surface area contributed by atoms with Gasteiger partial charge in [0.1, 0.15) is 0 Å². The maximum atomic E-state index is 2.24. The monoisotopic (exact) mass is 274 g/mol. The number of hydrogen-bond donors (Lipinski definition) is 0. The zero-order valence-electron chi connectivity index (χ0n) is 10.8. The average Bonchev–Trinajstić information content (AvgIpc) is 2.46. The fourth-order valence-electron chi connectivity index (χ4n) is 1.87. The Morgan fingerprint density at radius 1 is 0.611 bits per heavy atom. The molecule has 94 valence electrons. The fourth-order valence-corrected chi connectivity index (χ4v) is 2.69. The number of benzene rings is 2. The van der Waals surface area contributed by atoms with Gasteiger partial charge in [0.15, 0.2) is 0 Å². The minimum atomic E-state index is 1.12. The van der Waals surface area contributed by atoms with Crippen LogP contribution in [0.25, 0.3) is 0 Å². The molecule has 2 heteroatoms. The third-order valence-electron chi connectivity index (χ3n) is 3.02. The minimum Gasteiger partial charge on any atom is -0.130 e. The molecule has 0 aromatic heterocycles. The molecule has 0 N–H and O–H groups in total. The smallest absolute Gasteiger partial charge is 0.00693 e. The lowest BCUT2D eigenvalue weighted by molar-refractivity contribution is 0.955. The molecule has 0 fully saturated rings. The molecule has 0 heterocycles. The average molecular weight is 274 g/mol. The van der Waals surface area contributed by atoms with Gasteiger partial charge in [-0.05, 0) is 60.7 Å². The second-order valence-corrected chi connectivity index (χ2v) is 5.96. The highest BCUT2D eigenvalue weighted by molar-refractivity contribution is 7.98. The summed E-state index contributed by atoms with van der Waals surface area (Å²) in [5.74, 6) is 0. The van der Waals surface area contributed by atoms with Gasteiger partial charge >= 0.3 is 0 Å². The highest BCUT2D eigenvalue weighted by Crippen LogP contribution is 2.18. The first-order valence-electron chi connectivity index (χ1n) is 6.07. The van der Waals surface area contributed by atoms with Gasteiger partial charge in [-0.25, -0.2) is 0 Å². The van der Waals surface area contributed by atoms with Crippen LogP contribution in [-0.2, 0) is 12.8 Å². The summed E-state index contributed by atoms with van der Waals surface area (Å²) in [4.78, 5) is 2.67. The molecule has 0 saturated heterocycles. The van der Waals surface area contributed by atoms with Gasteiger partial charge in [0.2, 0.25) is 0 Å². The van der Waals surface area contributed by atoms with Gasteiger partial charge in [-0.1, -0.05) is 24.3 Å². The van der Waals surface area contributed by atoms with E-state index in [2.05, 4.69) is 61.0 Å². The van der Waals surface area contributed by atoms with Crippen molar-refractivity contribution in [1.82, 2.24) is 0 Å². The summed E-state index contributed by atoms with van der Waals surface area (Å²) >= 11 is 3.59. The van der Waals surface area contributed by atoms with E-state index in [4.69, 9.17) is 0 Å². The number of aryl methyl sites for hydroxylation is 2. The van der Waals surface area contributed by atoms with Crippen molar-refractivity contribution in [2.24, 2.45) is 0 Å². The van der Waals surface area contributed by atoms with E-state index in [9.17, 15) is 0 Å². The summed E-state index contributed by atoms with van der Waals surface area (Å²) in [7, 11) is 0. The lowest BCUT2D eigenvalue weighted by Crippen LogP contribution is -1.91. The molecule has 2 rings (SSSR count). The van der Waals surface area contributed by atoms with E-state index in [0.717, 1.165) is 12.8 Å². The summed E-state index contributed by atoms with van der Waals surface area (Å²) in [6.07, 6.45) is 6.46. The van der Waals surface area contributed by atoms with Crippen LogP contribution >= 0.6 is 23.5 Å². The molecule has 2 aromatic carbocycles. The Labute approximate surface area is 118 Å². The number of rotatable bonds is 5. The van der Waals surface area contributed by atoms with Crippen molar-refractivity contribution >= 4 is 23.5 Å². The van der Waals surface area contributed by atoms with Crippen molar-refractivity contribution in [3.63, 3.8) is 0 Å². The van der Waals surface area contributed by atoms with Crippen molar-refractivity contribution in [2.45, 2.75) is 22.6 Å². The molecular weight excluding hydrogens is 256 g/mol. The molecule has 0 aliphatic heterocycles. The van der Waals surface area contributed by atoms with E-state index in [0.29, 0.717) is 0 Å². The molecule has 0 spiro atoms. The normalized spacial score (nSPS) is 10.6. The summed E-state index contributed by atoms with van der Waals surface area (Å²) in [5.41, 5.74) is 2.84. The molecule has 0 bridgehead atoms. The van der Waals surface area contributed by atoms with Gasteiger partial charge in [-0.15, -0.1) is 23.5 Å². The first-order valence-corrected chi connectivity index (χ1v) is 8.52. The summed E-state index contributed by atoms with van der Waals surface area (Å²) < 4.78 is 0. The molecular formula is C16H18S2. The number of thioether (sulfide) groups is 2. The molecule has 0 aliphatic carbocycles. The van der Waals surface area contributed by atoms with E-state index < -0.39 is 0 Å². The van der Waals surface area contributed by atoms with Crippen LogP contribution in [0.1, 0.15) is 11.1 Å². The zero-order valence-corrected chi connectivity index (χ0v) is 12.5. The van der Waals surface area contributed by atoms with Crippen LogP contribution < -0.4 is 0 Å². The Morgan fingerprint density at radius 3 is 1.22 bits per heavy atom. The van der Waals surface area contributed by atoms with Gasteiger partial charge in [-0.2, -0.15) is 0 Å². The van der Waals surface area contributed by atoms with Gasteiger partial charge in [0.05, 0.1) is 0 Å². The lowest BCUT2D eigenvalue weighted by Gasteiger charge is -2.04. The van der Waals surface area contributed by atoms with Crippen molar-refractivity contribution < 1.29 is 0 Å². The zero-order chi connectivity index (χ0) is 12.8. The molecule has 0 nitrogen and oxygen atoms in total. The van der Waals surface area contributed by atoms with Crippen LogP contribution in [0.15, 0.2) is 58.3 Å². The van der Waals surface area contributed by atoms with E-state index in [1.807, 2.05) is 0 Å². The first kappa shape index (κ1) is 13.6. The molecule has 0 radical (unpaired) electrons. The predicted molar refractivity (Wildman–Crippen MR) is 83.9 cm³/mol. The molecule has 0 aliphatic rings. The van der Waals surface area contributed by atoms with Crippen molar-refractivity contribution in [1.29, 1.82) is 0 Å². The van der Waals surface area contributed by atoms with Crippen molar-refractivity contribution in [3.8, 4) is 0 Å². The van der Waals surface area contributed by atoms with Crippen LogP contribution in [0, 0.1) is 0 Å². The largest absolute Gasteiger partial charge is 0.130 e. The van der Waals surface area contributed by atoms with Gasteiger partial charge < -0.3 is 0 Å². The third-order valence-corrected chi connectivity index (χ3v) is 4.51. The summed E-state index contributed by atoms with van der Waals surface area (Å²) in [5, 5.41) is 0. The quantitative estimate of drug-likeness (QED) is 0.710. The highest BCUT2D eigenvalue weighted by atomic mass is 32.2. The van der Waals surface area contributed by atoms with Gasteiger partial charge in [0, 0.05) is 9.79 Å². The van der Waals surface area contributed by atoms with Crippen LogP contribution in [0.4, 0.5) is 0 Å². The van der Waals surface area contributed by atoms with Crippen molar-refractivity contribution in [3.05, 3.63) is 59.7 Å². The fraction of sp³-hybridized carbons (Fsp3) is 0.250. The predicted octanol–water partition coefficient (Wildman–Crippen LogP) is 4.92. The van der Waals surface area contributed by atoms with Gasteiger partial charge in [-0.3, -0.25) is 0 Å². The maximum absolute atomic E-state index is 2.24. The van der Waals surface area contributed by atoms with E-state index in [-0.39, 0.29) is 0 Å². The molecule has 0 amide bonds. The molecule has 18 heavy (non-hydrogen) atoms. The SMILES string of the molecule is CSc1ccc(CCc2ccc(SC)cc2)cc1. The standard InChI is InChI=1S/C16H18S2/c1-17-15-9-5-13(6-10-15)3-4-14-7-11-16(18-2)12-8-14/h5-12H,3-4H2,1-2H3. The summed E-state index contributed by atoms with van der Waals surface area (Å²) in [6, 6.07) is 17.8. The van der Waals surface area contributed by atoms with E-state index in [1.54, 1.807) is 23.5 Å². The van der Waals surface area contributed by atoms with Gasteiger partial charge in [0.25, 0.3) is 0 Å². The Bertz CT molecular complexity index is 424. The number of hydrogen-bond acceptors (Lipinski definition) is 2. The Balaban J connectivity index is 1.93. The lowest BCUT2D eigenvalue weighted by atomic mass is 10.0. The van der Waals surface area contributed by atoms with E-state index >= 15 is 0 Å². The minimum absolute atomic E-state index is 1.12. The second-order valence-electron chi connectivity index (χ2n) is 4.20. The molecule has 0 saturated carbocycles. The molecule has 0 atom stereocenters. The van der Waals surface area contributed by atoms with Crippen LogP contribution in [-0.4, -0.2) is 12.5 Å². The van der Waals surface area contributed by atoms with Crippen LogP contribution in [0.5, 0.6) is 0 Å². The molecule has 0 unspecified atom stereocenters. The molecule has 2 aromatic rings. The Kier molecular flexibility index (Phi) is 5.21. The van der Waals surface area contributed by atoms with Crippen LogP contribution in [0.3, 0.4) is 0 Å². The Morgan fingerprint density at radius 2 is 0.944 bits per heavy atom. The second kappa shape index (κ2) is 6.91. The van der Waals surface area contributed by atoms with E-state index in [1.165, 1.54) is 20.9 Å². The van der Waals surface area contributed by atoms with Crippen molar-refractivity contribution in [2.75, 3.05) is 12.5 Å². The topological polar surface area (TPSA) is 0 Å².